The number of fused-ring (bicyclic) bond motifs is 2. The van der Waals surface area contributed by atoms with Crippen LogP contribution in [0.2, 0.25) is 5.02 Å². The van der Waals surface area contributed by atoms with E-state index in [0.29, 0.717) is 32.3 Å². The van der Waals surface area contributed by atoms with Crippen molar-refractivity contribution in [2.75, 3.05) is 0 Å². The zero-order valence-electron chi connectivity index (χ0n) is 15.3. The Kier molecular flexibility index (Phi) is 4.46. The zero-order chi connectivity index (χ0) is 20.8. The van der Waals surface area contributed by atoms with Gasteiger partial charge in [0.15, 0.2) is 0 Å². The number of nitrogens with zero attached hydrogens (tertiary/aromatic N) is 2. The second kappa shape index (κ2) is 7.16. The zero-order valence-corrected chi connectivity index (χ0v) is 16.9. The Hall–Kier alpha value is -3.35. The van der Waals surface area contributed by atoms with Gasteiger partial charge >= 0.3 is 0 Å². The number of rotatable bonds is 2. The summed E-state index contributed by atoms with van der Waals surface area (Å²) in [5.74, 6) is -0.0728. The Labute approximate surface area is 178 Å². The SMILES string of the molecule is O=c1c2ccccc2sc2nc(-c3ccc(F)cc3)n(-c3ccc(Cl)cc3)c(=O)c12. The van der Waals surface area contributed by atoms with Crippen molar-refractivity contribution < 1.29 is 4.39 Å². The first-order valence-corrected chi connectivity index (χ1v) is 10.2. The van der Waals surface area contributed by atoms with E-state index in [1.807, 2.05) is 12.1 Å². The topological polar surface area (TPSA) is 52.0 Å². The fourth-order valence-corrected chi connectivity index (χ4v) is 4.54. The van der Waals surface area contributed by atoms with Crippen molar-refractivity contribution >= 4 is 43.2 Å². The highest BCUT2D eigenvalue weighted by atomic mass is 35.5. The van der Waals surface area contributed by atoms with Crippen LogP contribution in [0.15, 0.2) is 82.4 Å². The highest BCUT2D eigenvalue weighted by Gasteiger charge is 2.18. The summed E-state index contributed by atoms with van der Waals surface area (Å²) in [5, 5.41) is 1.02. The quantitative estimate of drug-likeness (QED) is 0.348. The van der Waals surface area contributed by atoms with Crippen molar-refractivity contribution in [1.82, 2.24) is 9.55 Å². The van der Waals surface area contributed by atoms with E-state index >= 15 is 0 Å². The lowest BCUT2D eigenvalue weighted by molar-refractivity contribution is 0.628. The molecule has 0 amide bonds. The van der Waals surface area contributed by atoms with Gasteiger partial charge in [-0.1, -0.05) is 23.7 Å². The maximum absolute atomic E-state index is 13.6. The van der Waals surface area contributed by atoms with E-state index in [1.165, 1.54) is 28.0 Å². The highest BCUT2D eigenvalue weighted by Crippen LogP contribution is 2.26. The Morgan fingerprint density at radius 2 is 1.60 bits per heavy atom. The summed E-state index contributed by atoms with van der Waals surface area (Å²) >= 11 is 7.28. The van der Waals surface area contributed by atoms with E-state index in [2.05, 4.69) is 4.98 Å². The third kappa shape index (κ3) is 3.01. The normalized spacial score (nSPS) is 11.3. The summed E-state index contributed by atoms with van der Waals surface area (Å²) in [6, 6.07) is 19.5. The predicted molar refractivity (Wildman–Crippen MR) is 119 cm³/mol. The van der Waals surface area contributed by atoms with Crippen LogP contribution in [0, 0.1) is 5.82 Å². The molecule has 0 spiro atoms. The van der Waals surface area contributed by atoms with E-state index in [9.17, 15) is 14.0 Å². The lowest BCUT2D eigenvalue weighted by Gasteiger charge is -2.14. The molecule has 0 N–H and O–H groups in total. The molecule has 0 aliphatic rings. The van der Waals surface area contributed by atoms with Gasteiger partial charge in [-0.25, -0.2) is 9.37 Å². The van der Waals surface area contributed by atoms with Crippen LogP contribution in [0.25, 0.3) is 37.4 Å². The highest BCUT2D eigenvalue weighted by molar-refractivity contribution is 7.24. The summed E-state index contributed by atoms with van der Waals surface area (Å²) in [7, 11) is 0. The minimum Gasteiger partial charge on any atom is -0.288 e. The molecule has 146 valence electrons. The molecule has 0 aliphatic carbocycles. The molecule has 0 saturated heterocycles. The number of hydrogen-bond acceptors (Lipinski definition) is 4. The molecule has 2 heterocycles. The molecule has 0 aliphatic heterocycles. The third-order valence-corrected chi connectivity index (χ3v) is 6.12. The van der Waals surface area contributed by atoms with Crippen molar-refractivity contribution in [3.05, 3.63) is 104 Å². The van der Waals surface area contributed by atoms with Gasteiger partial charge in [-0.2, -0.15) is 0 Å². The molecule has 7 heteroatoms. The van der Waals surface area contributed by atoms with Crippen molar-refractivity contribution in [2.24, 2.45) is 0 Å². The summed E-state index contributed by atoms with van der Waals surface area (Å²) in [4.78, 5) is 31.7. The first-order valence-electron chi connectivity index (χ1n) is 9.03. The Balaban J connectivity index is 1.95. The molecule has 0 atom stereocenters. The molecule has 0 bridgehead atoms. The molecule has 3 aromatic carbocycles. The summed E-state index contributed by atoms with van der Waals surface area (Å²) < 4.78 is 15.6. The number of halogens is 2. The molecule has 0 saturated carbocycles. The van der Waals surface area contributed by atoms with Crippen molar-refractivity contribution in [2.45, 2.75) is 0 Å². The molecule has 5 aromatic rings. The molecule has 0 fully saturated rings. The fourth-order valence-electron chi connectivity index (χ4n) is 3.37. The lowest BCUT2D eigenvalue weighted by atomic mass is 10.1. The standard InChI is InChI=1S/C23H12ClFN2O2S/c24-14-7-11-16(12-8-14)27-21(13-5-9-15(25)10-6-13)26-22-19(23(27)29)20(28)17-3-1-2-4-18(17)30-22/h1-12H. The third-order valence-electron chi connectivity index (χ3n) is 4.80. The second-order valence-electron chi connectivity index (χ2n) is 6.67. The van der Waals surface area contributed by atoms with Gasteiger partial charge in [-0.05, 0) is 60.7 Å². The molecule has 0 radical (unpaired) electrons. The fraction of sp³-hybridized carbons (Fsp3) is 0. The summed E-state index contributed by atoms with van der Waals surface area (Å²) in [6.45, 7) is 0. The van der Waals surface area contributed by atoms with Gasteiger partial charge in [0.1, 0.15) is 21.9 Å². The van der Waals surface area contributed by atoms with Crippen LogP contribution in [-0.4, -0.2) is 9.55 Å². The van der Waals surface area contributed by atoms with Gasteiger partial charge in [-0.15, -0.1) is 11.3 Å². The van der Waals surface area contributed by atoms with E-state index < -0.39 is 11.4 Å². The number of aromatic nitrogens is 2. The van der Waals surface area contributed by atoms with E-state index in [-0.39, 0.29) is 10.8 Å². The van der Waals surface area contributed by atoms with Crippen LogP contribution in [0.1, 0.15) is 0 Å². The Bertz CT molecular complexity index is 1540. The van der Waals surface area contributed by atoms with Crippen LogP contribution < -0.4 is 11.0 Å². The Morgan fingerprint density at radius 1 is 0.900 bits per heavy atom. The van der Waals surface area contributed by atoms with Crippen molar-refractivity contribution in [1.29, 1.82) is 0 Å². The first-order chi connectivity index (χ1) is 14.5. The smallest absolute Gasteiger partial charge is 0.271 e. The van der Waals surface area contributed by atoms with Crippen molar-refractivity contribution in [3.8, 4) is 17.1 Å². The van der Waals surface area contributed by atoms with Crippen molar-refractivity contribution in [3.63, 3.8) is 0 Å². The van der Waals surface area contributed by atoms with Crippen LogP contribution in [-0.2, 0) is 0 Å². The average Bonchev–Trinajstić information content (AvgIpc) is 2.75. The first kappa shape index (κ1) is 18.7. The largest absolute Gasteiger partial charge is 0.288 e. The Morgan fingerprint density at radius 3 is 2.33 bits per heavy atom. The monoisotopic (exact) mass is 434 g/mol. The molecular formula is C23H12ClFN2O2S. The van der Waals surface area contributed by atoms with Crippen LogP contribution in [0.4, 0.5) is 4.39 Å². The maximum atomic E-state index is 13.6. The van der Waals surface area contributed by atoms with Crippen LogP contribution >= 0.6 is 22.9 Å². The average molecular weight is 435 g/mol. The minimum atomic E-state index is -0.478. The minimum absolute atomic E-state index is 0.0273. The maximum Gasteiger partial charge on any atom is 0.271 e. The molecule has 30 heavy (non-hydrogen) atoms. The summed E-state index contributed by atoms with van der Waals surface area (Å²) in [5.41, 5.74) is 0.229. The van der Waals surface area contributed by atoms with E-state index in [0.717, 1.165) is 4.70 Å². The predicted octanol–water partition coefficient (Wildman–Crippen LogP) is 5.42. The van der Waals surface area contributed by atoms with Crippen LogP contribution in [0.5, 0.6) is 0 Å². The second-order valence-corrected chi connectivity index (χ2v) is 8.13. The lowest BCUT2D eigenvalue weighted by Crippen LogP contribution is -2.26. The number of hydrogen-bond donors (Lipinski definition) is 0. The molecule has 5 rings (SSSR count). The molecule has 4 nitrogen and oxygen atoms in total. The van der Waals surface area contributed by atoms with Gasteiger partial charge in [0.2, 0.25) is 5.43 Å². The van der Waals surface area contributed by atoms with Gasteiger partial charge in [0.25, 0.3) is 5.56 Å². The molecular weight excluding hydrogens is 423 g/mol. The van der Waals surface area contributed by atoms with Crippen LogP contribution in [0.3, 0.4) is 0 Å². The van der Waals surface area contributed by atoms with Gasteiger partial charge in [0.05, 0.1) is 5.69 Å². The summed E-state index contributed by atoms with van der Waals surface area (Å²) in [6.07, 6.45) is 0. The number of benzene rings is 3. The molecule has 0 unspecified atom stereocenters. The van der Waals surface area contributed by atoms with Gasteiger partial charge < -0.3 is 0 Å². The van der Waals surface area contributed by atoms with E-state index in [1.54, 1.807) is 48.5 Å². The van der Waals surface area contributed by atoms with Gasteiger partial charge in [0, 0.05) is 20.7 Å². The van der Waals surface area contributed by atoms with E-state index in [4.69, 9.17) is 11.6 Å². The molecule has 2 aromatic heterocycles. The van der Waals surface area contributed by atoms with Gasteiger partial charge in [-0.3, -0.25) is 14.2 Å².